The maximum atomic E-state index is 13.6. The molecule has 0 atom stereocenters. The Bertz CT molecular complexity index is 766. The van der Waals surface area contributed by atoms with Gasteiger partial charge in [0, 0.05) is 17.3 Å². The molecule has 0 saturated heterocycles. The van der Waals surface area contributed by atoms with Gasteiger partial charge in [0.1, 0.15) is 5.82 Å². The Morgan fingerprint density at radius 3 is 2.62 bits per heavy atom. The van der Waals surface area contributed by atoms with Crippen LogP contribution in [-0.2, 0) is 0 Å². The van der Waals surface area contributed by atoms with E-state index in [9.17, 15) is 14.0 Å². The van der Waals surface area contributed by atoms with Crippen LogP contribution in [-0.4, -0.2) is 20.9 Å². The first-order chi connectivity index (χ1) is 9.82. The van der Waals surface area contributed by atoms with Crippen molar-refractivity contribution in [2.24, 2.45) is 0 Å². The van der Waals surface area contributed by atoms with Crippen molar-refractivity contribution < 1.29 is 14.3 Å². The first-order valence-corrected chi connectivity index (χ1v) is 6.45. The van der Waals surface area contributed by atoms with Gasteiger partial charge in [0.2, 0.25) is 11.1 Å². The summed E-state index contributed by atoms with van der Waals surface area (Å²) >= 11 is 0. The van der Waals surface area contributed by atoms with Gasteiger partial charge in [0.15, 0.2) is 0 Å². The number of hydrogen-bond donors (Lipinski definition) is 1. The van der Waals surface area contributed by atoms with E-state index < -0.39 is 22.9 Å². The smallest absolute Gasteiger partial charge is 0.360 e. The second-order valence-corrected chi connectivity index (χ2v) is 5.05. The minimum absolute atomic E-state index is 0.168. The summed E-state index contributed by atoms with van der Waals surface area (Å²) in [5.41, 5.74) is -0.113. The second kappa shape index (κ2) is 5.47. The van der Waals surface area contributed by atoms with Gasteiger partial charge in [-0.3, -0.25) is 4.79 Å². The molecule has 0 unspecified atom stereocenters. The van der Waals surface area contributed by atoms with E-state index in [2.05, 4.69) is 5.10 Å². The fourth-order valence-electron chi connectivity index (χ4n) is 2.03. The largest absolute Gasteiger partial charge is 0.476 e. The summed E-state index contributed by atoms with van der Waals surface area (Å²) in [5.74, 6) is -1.99. The van der Waals surface area contributed by atoms with Crippen LogP contribution in [0.4, 0.5) is 4.39 Å². The standard InChI is InChI=1S/C15H15FN2O3/c1-8(2)10-7-18(17-13(14(10)19)15(20)21)12-6-4-5-11(16)9(12)3/h4-8H,1-3H3,(H,20,21). The van der Waals surface area contributed by atoms with Crippen LogP contribution >= 0.6 is 0 Å². The van der Waals surface area contributed by atoms with Crippen molar-refractivity contribution >= 4 is 5.97 Å². The average molecular weight is 290 g/mol. The number of nitrogens with zero attached hydrogens (tertiary/aromatic N) is 2. The van der Waals surface area contributed by atoms with E-state index in [1.54, 1.807) is 26.8 Å². The molecule has 0 aliphatic heterocycles. The molecule has 110 valence electrons. The molecule has 21 heavy (non-hydrogen) atoms. The Morgan fingerprint density at radius 2 is 2.05 bits per heavy atom. The molecule has 0 bridgehead atoms. The topological polar surface area (TPSA) is 72.2 Å². The normalized spacial score (nSPS) is 10.9. The molecule has 6 heteroatoms. The molecule has 1 aromatic heterocycles. The van der Waals surface area contributed by atoms with Crippen LogP contribution in [0.1, 0.15) is 41.4 Å². The van der Waals surface area contributed by atoms with Crippen LogP contribution in [0.3, 0.4) is 0 Å². The van der Waals surface area contributed by atoms with Crippen molar-refractivity contribution in [3.05, 3.63) is 57.3 Å². The Hall–Kier alpha value is -2.50. The first kappa shape index (κ1) is 14.9. The SMILES string of the molecule is Cc1c(F)cccc1-n1cc(C(C)C)c(=O)c(C(=O)O)n1. The van der Waals surface area contributed by atoms with E-state index in [-0.39, 0.29) is 5.92 Å². The van der Waals surface area contributed by atoms with Crippen LogP contribution in [0.2, 0.25) is 0 Å². The van der Waals surface area contributed by atoms with Crippen LogP contribution in [0.25, 0.3) is 5.69 Å². The summed E-state index contributed by atoms with van der Waals surface area (Å²) in [6.07, 6.45) is 1.46. The summed E-state index contributed by atoms with van der Waals surface area (Å²) in [6.45, 7) is 5.14. The predicted octanol–water partition coefficient (Wildman–Crippen LogP) is 2.50. The van der Waals surface area contributed by atoms with Crippen LogP contribution in [0, 0.1) is 12.7 Å². The van der Waals surface area contributed by atoms with Crippen molar-refractivity contribution in [3.63, 3.8) is 0 Å². The summed E-state index contributed by atoms with van der Waals surface area (Å²) < 4.78 is 14.9. The third kappa shape index (κ3) is 2.69. The lowest BCUT2D eigenvalue weighted by molar-refractivity contribution is 0.0686. The fraction of sp³-hybridized carbons (Fsp3) is 0.267. The Kier molecular flexibility index (Phi) is 3.88. The molecule has 1 heterocycles. The maximum Gasteiger partial charge on any atom is 0.360 e. The van der Waals surface area contributed by atoms with E-state index in [1.165, 1.54) is 23.0 Å². The molecule has 0 aliphatic carbocycles. The van der Waals surface area contributed by atoms with Gasteiger partial charge in [0.25, 0.3) is 0 Å². The number of rotatable bonds is 3. The van der Waals surface area contributed by atoms with Crippen molar-refractivity contribution in [1.82, 2.24) is 9.78 Å². The molecule has 2 aromatic rings. The summed E-state index contributed by atoms with van der Waals surface area (Å²) in [5, 5.41) is 12.9. The molecule has 0 aliphatic rings. The highest BCUT2D eigenvalue weighted by Gasteiger charge is 2.19. The number of carboxylic acids is 1. The summed E-state index contributed by atoms with van der Waals surface area (Å²) in [7, 11) is 0. The zero-order chi connectivity index (χ0) is 15.7. The van der Waals surface area contributed by atoms with Crippen LogP contribution in [0.5, 0.6) is 0 Å². The summed E-state index contributed by atoms with van der Waals surface area (Å²) in [6, 6.07) is 4.43. The van der Waals surface area contributed by atoms with Gasteiger partial charge in [-0.15, -0.1) is 0 Å². The molecule has 0 fully saturated rings. The molecule has 2 rings (SSSR count). The zero-order valence-electron chi connectivity index (χ0n) is 11.9. The highest BCUT2D eigenvalue weighted by molar-refractivity contribution is 5.85. The molecular weight excluding hydrogens is 275 g/mol. The molecule has 0 amide bonds. The average Bonchev–Trinajstić information content (AvgIpc) is 2.41. The molecule has 5 nitrogen and oxygen atoms in total. The molecule has 0 spiro atoms. The zero-order valence-corrected chi connectivity index (χ0v) is 11.9. The predicted molar refractivity (Wildman–Crippen MR) is 75.6 cm³/mol. The lowest BCUT2D eigenvalue weighted by Crippen LogP contribution is -2.25. The molecule has 1 N–H and O–H groups in total. The van der Waals surface area contributed by atoms with Gasteiger partial charge in [-0.05, 0) is 25.0 Å². The number of aromatic nitrogens is 2. The number of carboxylic acid groups (broad SMARTS) is 1. The number of halogens is 1. The fourth-order valence-corrected chi connectivity index (χ4v) is 2.03. The van der Waals surface area contributed by atoms with Crippen molar-refractivity contribution in [1.29, 1.82) is 0 Å². The molecule has 0 radical (unpaired) electrons. The second-order valence-electron chi connectivity index (χ2n) is 5.05. The highest BCUT2D eigenvalue weighted by atomic mass is 19.1. The lowest BCUT2D eigenvalue weighted by atomic mass is 10.0. The third-order valence-electron chi connectivity index (χ3n) is 3.26. The van der Waals surface area contributed by atoms with Crippen LogP contribution in [0.15, 0.2) is 29.2 Å². The Labute approximate surface area is 120 Å². The summed E-state index contributed by atoms with van der Waals surface area (Å²) in [4.78, 5) is 23.2. The number of benzene rings is 1. The van der Waals surface area contributed by atoms with E-state index in [0.29, 0.717) is 16.8 Å². The number of carbonyl (C=O) groups is 1. The van der Waals surface area contributed by atoms with Gasteiger partial charge in [0.05, 0.1) is 5.69 Å². The van der Waals surface area contributed by atoms with Gasteiger partial charge >= 0.3 is 5.97 Å². The lowest BCUT2D eigenvalue weighted by Gasteiger charge is -2.13. The van der Waals surface area contributed by atoms with Crippen molar-refractivity contribution in [3.8, 4) is 5.69 Å². The van der Waals surface area contributed by atoms with Gasteiger partial charge in [-0.25, -0.2) is 13.9 Å². The van der Waals surface area contributed by atoms with E-state index >= 15 is 0 Å². The van der Waals surface area contributed by atoms with E-state index in [4.69, 9.17) is 5.11 Å². The van der Waals surface area contributed by atoms with Crippen molar-refractivity contribution in [2.45, 2.75) is 26.7 Å². The maximum absolute atomic E-state index is 13.6. The number of aromatic carboxylic acids is 1. The quantitative estimate of drug-likeness (QED) is 0.942. The third-order valence-corrected chi connectivity index (χ3v) is 3.26. The Balaban J connectivity index is 2.78. The van der Waals surface area contributed by atoms with Crippen LogP contribution < -0.4 is 5.43 Å². The van der Waals surface area contributed by atoms with Gasteiger partial charge < -0.3 is 5.11 Å². The van der Waals surface area contributed by atoms with E-state index in [1.807, 2.05) is 0 Å². The molecule has 1 aromatic carbocycles. The molecular formula is C15H15FN2O3. The van der Waals surface area contributed by atoms with E-state index in [0.717, 1.165) is 0 Å². The minimum atomic E-state index is -1.40. The van der Waals surface area contributed by atoms with Gasteiger partial charge in [-0.1, -0.05) is 19.9 Å². The Morgan fingerprint density at radius 1 is 1.38 bits per heavy atom. The number of hydrogen-bond acceptors (Lipinski definition) is 3. The van der Waals surface area contributed by atoms with Gasteiger partial charge in [-0.2, -0.15) is 5.10 Å². The van der Waals surface area contributed by atoms with Crippen molar-refractivity contribution in [2.75, 3.05) is 0 Å². The monoisotopic (exact) mass is 290 g/mol. The highest BCUT2D eigenvalue weighted by Crippen LogP contribution is 2.18. The molecule has 0 saturated carbocycles. The first-order valence-electron chi connectivity index (χ1n) is 6.45. The minimum Gasteiger partial charge on any atom is -0.476 e.